The minimum Gasteiger partial charge on any atom is -0.298 e. The third-order valence-corrected chi connectivity index (χ3v) is 10.3. The van der Waals surface area contributed by atoms with Crippen LogP contribution in [0, 0.1) is 0 Å². The number of thiol groups is 1. The maximum atomic E-state index is 5.50. The molecule has 5 heteroatoms. The van der Waals surface area contributed by atoms with E-state index in [0.29, 0.717) is 9.49 Å². The van der Waals surface area contributed by atoms with E-state index in [0.717, 1.165) is 15.7 Å². The predicted molar refractivity (Wildman–Crippen MR) is 63.7 cm³/mol. The van der Waals surface area contributed by atoms with Gasteiger partial charge in [-0.3, -0.25) is 4.18 Å². The van der Waals surface area contributed by atoms with Crippen molar-refractivity contribution in [2.24, 2.45) is 0 Å². The first-order chi connectivity index (χ1) is 6.09. The Kier molecular flexibility index (Phi) is 1.28. The largest absolute Gasteiger partial charge is 0.298 e. The summed E-state index contributed by atoms with van der Waals surface area (Å²) in [6.07, 6.45) is 0. The van der Waals surface area contributed by atoms with Crippen molar-refractivity contribution in [1.82, 2.24) is 0 Å². The summed E-state index contributed by atoms with van der Waals surface area (Å²) in [6, 6.07) is 0. The van der Waals surface area contributed by atoms with Crippen molar-refractivity contribution < 1.29 is 4.18 Å². The second-order valence-electron chi connectivity index (χ2n) is 4.56. The molecule has 0 aromatic heterocycles. The third-order valence-electron chi connectivity index (χ3n) is 4.11. The molecule has 4 fully saturated rings. The maximum absolute atomic E-state index is 5.50. The van der Waals surface area contributed by atoms with Gasteiger partial charge in [-0.25, -0.2) is 0 Å². The van der Waals surface area contributed by atoms with Crippen LogP contribution in [-0.2, 0) is 4.18 Å². The van der Waals surface area contributed by atoms with E-state index in [-0.39, 0.29) is 4.93 Å². The van der Waals surface area contributed by atoms with Crippen molar-refractivity contribution in [3.8, 4) is 0 Å². The minimum absolute atomic E-state index is 0.0557. The summed E-state index contributed by atoms with van der Waals surface area (Å²) < 4.78 is 6.31. The van der Waals surface area contributed by atoms with Crippen LogP contribution in [0.4, 0.5) is 0 Å². The standard InChI is InChI=1S/C8H10OS4/c1-6-4-3(11-4)5-8(9-10,12-5)7(6,2)13-6/h3-5,10H,1-2H3. The highest BCUT2D eigenvalue weighted by Crippen LogP contribution is 2.90. The molecule has 3 heterocycles. The van der Waals surface area contributed by atoms with E-state index in [1.54, 1.807) is 0 Å². The first-order valence-corrected chi connectivity index (χ1v) is 7.45. The Labute approximate surface area is 96.1 Å². The Morgan fingerprint density at radius 2 is 2.08 bits per heavy atom. The third kappa shape index (κ3) is 0.654. The molecule has 4 rings (SSSR count). The molecule has 0 bridgehead atoms. The fourth-order valence-electron chi connectivity index (χ4n) is 2.92. The van der Waals surface area contributed by atoms with Gasteiger partial charge in [-0.05, 0) is 26.8 Å². The Morgan fingerprint density at radius 1 is 1.31 bits per heavy atom. The first-order valence-electron chi connectivity index (χ1n) is 4.45. The molecule has 0 aromatic rings. The van der Waals surface area contributed by atoms with Gasteiger partial charge in [-0.2, -0.15) is 0 Å². The lowest BCUT2D eigenvalue weighted by atomic mass is 9.80. The lowest BCUT2D eigenvalue weighted by molar-refractivity contribution is 0.180. The zero-order valence-corrected chi connectivity index (χ0v) is 10.7. The Morgan fingerprint density at radius 3 is 2.77 bits per heavy atom. The van der Waals surface area contributed by atoms with Gasteiger partial charge in [0.15, 0.2) is 4.93 Å². The van der Waals surface area contributed by atoms with Gasteiger partial charge in [0.25, 0.3) is 0 Å². The average molecular weight is 250 g/mol. The van der Waals surface area contributed by atoms with Gasteiger partial charge >= 0.3 is 0 Å². The molecular formula is C8H10OS4. The van der Waals surface area contributed by atoms with Crippen LogP contribution in [-0.4, -0.2) is 30.2 Å². The van der Waals surface area contributed by atoms with Crippen molar-refractivity contribution >= 4 is 48.2 Å². The zero-order valence-electron chi connectivity index (χ0n) is 7.31. The van der Waals surface area contributed by atoms with Gasteiger partial charge in [0.1, 0.15) is 0 Å². The Bertz CT molecular complexity index is 323. The number of hydrogen-bond acceptors (Lipinski definition) is 5. The smallest absolute Gasteiger partial charge is 0.157 e. The van der Waals surface area contributed by atoms with Crippen LogP contribution in [0.3, 0.4) is 0 Å². The molecule has 0 N–H and O–H groups in total. The van der Waals surface area contributed by atoms with Gasteiger partial charge in [-0.1, -0.05) is 0 Å². The molecule has 0 amide bonds. The minimum atomic E-state index is 0.0557. The van der Waals surface area contributed by atoms with E-state index in [1.165, 1.54) is 0 Å². The molecule has 0 aromatic carbocycles. The van der Waals surface area contributed by atoms with Crippen molar-refractivity contribution in [2.75, 3.05) is 0 Å². The summed E-state index contributed by atoms with van der Waals surface area (Å²) in [5, 5.41) is 2.50. The second kappa shape index (κ2) is 1.95. The Balaban J connectivity index is 1.85. The summed E-state index contributed by atoms with van der Waals surface area (Å²) >= 11 is 10.4. The van der Waals surface area contributed by atoms with Gasteiger partial charge in [0, 0.05) is 15.2 Å². The summed E-state index contributed by atoms with van der Waals surface area (Å²) in [6.45, 7) is 4.76. The lowest BCUT2D eigenvalue weighted by Crippen LogP contribution is -2.46. The molecule has 0 spiro atoms. The number of hydrogen-bond donors (Lipinski definition) is 1. The molecule has 1 nitrogen and oxygen atoms in total. The van der Waals surface area contributed by atoms with Crippen LogP contribution in [0.2, 0.25) is 0 Å². The van der Waals surface area contributed by atoms with Crippen LogP contribution in [0.15, 0.2) is 0 Å². The molecular weight excluding hydrogens is 240 g/mol. The second-order valence-corrected chi connectivity index (χ2v) is 9.29. The average Bonchev–Trinajstić information content (AvgIpc) is 2.86. The molecule has 0 radical (unpaired) electrons. The highest BCUT2D eigenvalue weighted by molar-refractivity contribution is 8.19. The summed E-state index contributed by atoms with van der Waals surface area (Å²) in [5.41, 5.74) is 0. The van der Waals surface area contributed by atoms with Crippen molar-refractivity contribution in [3.05, 3.63) is 0 Å². The van der Waals surface area contributed by atoms with Crippen LogP contribution in [0.25, 0.3) is 0 Å². The van der Waals surface area contributed by atoms with E-state index in [1.807, 2.05) is 11.8 Å². The predicted octanol–water partition coefficient (Wildman–Crippen LogP) is 2.42. The SMILES string of the molecule is CC12SC1(C)C1(OS)SC1C1SC12. The molecule has 6 unspecified atom stereocenters. The van der Waals surface area contributed by atoms with Crippen LogP contribution < -0.4 is 0 Å². The molecule has 6 atom stereocenters. The number of thioether (sulfide) groups is 3. The molecule has 1 saturated carbocycles. The summed E-state index contributed by atoms with van der Waals surface area (Å²) in [4.78, 5) is 0.0557. The van der Waals surface area contributed by atoms with Crippen LogP contribution in [0.5, 0.6) is 0 Å². The highest BCUT2D eigenvalue weighted by atomic mass is 32.2. The topological polar surface area (TPSA) is 9.23 Å². The van der Waals surface area contributed by atoms with Crippen molar-refractivity contribution in [2.45, 2.75) is 44.0 Å². The van der Waals surface area contributed by atoms with E-state index in [9.17, 15) is 0 Å². The zero-order chi connectivity index (χ0) is 9.06. The first kappa shape index (κ1) is 8.50. The van der Waals surface area contributed by atoms with Gasteiger partial charge in [-0.15, -0.1) is 35.3 Å². The van der Waals surface area contributed by atoms with E-state index in [4.69, 9.17) is 4.18 Å². The van der Waals surface area contributed by atoms with Gasteiger partial charge in [0.2, 0.25) is 0 Å². The van der Waals surface area contributed by atoms with Gasteiger partial charge < -0.3 is 0 Å². The van der Waals surface area contributed by atoms with E-state index < -0.39 is 0 Å². The van der Waals surface area contributed by atoms with Gasteiger partial charge in [0.05, 0.1) is 10.00 Å². The normalized spacial score (nSPS) is 76.4. The monoisotopic (exact) mass is 250 g/mol. The summed E-state index contributed by atoms with van der Waals surface area (Å²) in [5.74, 6) is 0. The molecule has 3 saturated heterocycles. The highest BCUT2D eigenvalue weighted by Gasteiger charge is 2.93. The van der Waals surface area contributed by atoms with E-state index in [2.05, 4.69) is 50.3 Å². The molecule has 72 valence electrons. The van der Waals surface area contributed by atoms with Crippen molar-refractivity contribution in [3.63, 3.8) is 0 Å². The quantitative estimate of drug-likeness (QED) is 0.434. The molecule has 1 aliphatic carbocycles. The molecule has 3 aliphatic heterocycles. The fraction of sp³-hybridized carbons (Fsp3) is 1.00. The van der Waals surface area contributed by atoms with Crippen LogP contribution in [0.1, 0.15) is 13.8 Å². The lowest BCUT2D eigenvalue weighted by Gasteiger charge is -2.26. The molecule has 4 aliphatic rings. The van der Waals surface area contributed by atoms with Crippen molar-refractivity contribution in [1.29, 1.82) is 0 Å². The Hall–Kier alpha value is 1.36. The summed E-state index contributed by atoms with van der Waals surface area (Å²) in [7, 11) is 0. The van der Waals surface area contributed by atoms with Crippen LogP contribution >= 0.6 is 48.2 Å². The number of fused-ring (bicyclic) bond motifs is 6. The molecule has 13 heavy (non-hydrogen) atoms. The maximum Gasteiger partial charge on any atom is 0.157 e. The fourth-order valence-corrected chi connectivity index (χ4v) is 9.58. The number of rotatable bonds is 1. The van der Waals surface area contributed by atoms with E-state index >= 15 is 0 Å².